The number of aliphatic hydroxyl groups is 1. The molecule has 118 valence electrons. The summed E-state index contributed by atoms with van der Waals surface area (Å²) in [4.78, 5) is 18.6. The van der Waals surface area contributed by atoms with Crippen LogP contribution in [0.2, 0.25) is 0 Å². The van der Waals surface area contributed by atoms with E-state index >= 15 is 0 Å². The first-order valence-corrected chi connectivity index (χ1v) is 7.56. The van der Waals surface area contributed by atoms with E-state index in [9.17, 15) is 4.79 Å². The van der Waals surface area contributed by atoms with E-state index in [0.29, 0.717) is 29.0 Å². The van der Waals surface area contributed by atoms with Crippen molar-refractivity contribution in [2.45, 2.75) is 26.2 Å². The van der Waals surface area contributed by atoms with Crippen LogP contribution in [-0.2, 0) is 11.2 Å². The Kier molecular flexibility index (Phi) is 4.29. The third-order valence-corrected chi connectivity index (χ3v) is 4.12. The van der Waals surface area contributed by atoms with Crippen LogP contribution in [0.4, 0.5) is 0 Å². The lowest BCUT2D eigenvalue weighted by Gasteiger charge is -2.15. The number of hydrogen-bond donors (Lipinski definition) is 1. The number of aliphatic hydroxyl groups excluding tert-OH is 1. The fourth-order valence-electron chi connectivity index (χ4n) is 2.83. The van der Waals surface area contributed by atoms with Gasteiger partial charge in [0.25, 0.3) is 5.89 Å². The third-order valence-electron chi connectivity index (χ3n) is 4.12. The number of carbonyl (C=O) groups is 1. The molecule has 0 aliphatic carbocycles. The molecule has 1 aliphatic heterocycles. The van der Waals surface area contributed by atoms with Crippen molar-refractivity contribution >= 4 is 5.91 Å². The summed E-state index contributed by atoms with van der Waals surface area (Å²) in [6.45, 7) is 3.47. The Bertz CT molecular complexity index is 633. The second kappa shape index (κ2) is 6.36. The van der Waals surface area contributed by atoms with Gasteiger partial charge in [-0.05, 0) is 37.8 Å². The average Bonchev–Trinajstić information content (AvgIpc) is 3.21. The van der Waals surface area contributed by atoms with E-state index in [-0.39, 0.29) is 18.9 Å². The molecule has 2 aromatic rings. The van der Waals surface area contributed by atoms with Gasteiger partial charge in [0.15, 0.2) is 5.76 Å². The van der Waals surface area contributed by atoms with Crippen LogP contribution in [0, 0.1) is 12.8 Å². The molecule has 3 rings (SSSR count). The molecule has 1 fully saturated rings. The van der Waals surface area contributed by atoms with E-state index in [1.54, 1.807) is 25.3 Å². The first kappa shape index (κ1) is 14.8. The number of likely N-dealkylation sites (tertiary alicyclic amines) is 1. The lowest BCUT2D eigenvalue weighted by molar-refractivity contribution is -0.129. The topological polar surface area (TPSA) is 79.7 Å². The van der Waals surface area contributed by atoms with E-state index in [0.717, 1.165) is 25.9 Å². The minimum atomic E-state index is 0.0582. The normalized spacial score (nSPS) is 18.1. The summed E-state index contributed by atoms with van der Waals surface area (Å²) in [5, 5.41) is 8.98. The van der Waals surface area contributed by atoms with E-state index in [1.807, 2.05) is 4.90 Å². The van der Waals surface area contributed by atoms with E-state index in [1.165, 1.54) is 0 Å². The van der Waals surface area contributed by atoms with Crippen molar-refractivity contribution in [3.05, 3.63) is 29.9 Å². The Morgan fingerprint density at radius 2 is 2.41 bits per heavy atom. The van der Waals surface area contributed by atoms with Crippen LogP contribution < -0.4 is 0 Å². The van der Waals surface area contributed by atoms with Crippen LogP contribution in [0.1, 0.15) is 24.3 Å². The average molecular weight is 304 g/mol. The lowest BCUT2D eigenvalue weighted by atomic mass is 10.1. The molecule has 6 heteroatoms. The van der Waals surface area contributed by atoms with Crippen molar-refractivity contribution in [2.75, 3.05) is 19.7 Å². The molecule has 1 saturated heterocycles. The van der Waals surface area contributed by atoms with Crippen molar-refractivity contribution in [1.29, 1.82) is 0 Å². The summed E-state index contributed by atoms with van der Waals surface area (Å²) in [7, 11) is 0. The molecule has 0 bridgehead atoms. The smallest absolute Gasteiger partial charge is 0.263 e. The van der Waals surface area contributed by atoms with Gasteiger partial charge < -0.3 is 18.8 Å². The summed E-state index contributed by atoms with van der Waals surface area (Å²) < 4.78 is 10.8. The molecule has 0 unspecified atom stereocenters. The molecule has 0 radical (unpaired) electrons. The SMILES string of the molecule is Cc1oc(-c2ccco2)nc1CC(=O)N1CC[C@H](CCO)C1. The van der Waals surface area contributed by atoms with Gasteiger partial charge in [0.1, 0.15) is 5.76 Å². The number of hydrogen-bond acceptors (Lipinski definition) is 5. The number of aromatic nitrogens is 1. The van der Waals surface area contributed by atoms with Crippen LogP contribution >= 0.6 is 0 Å². The van der Waals surface area contributed by atoms with E-state index in [2.05, 4.69) is 4.98 Å². The Morgan fingerprint density at radius 1 is 1.55 bits per heavy atom. The van der Waals surface area contributed by atoms with Crippen molar-refractivity contribution in [3.8, 4) is 11.7 Å². The monoisotopic (exact) mass is 304 g/mol. The molecule has 0 saturated carbocycles. The zero-order valence-corrected chi connectivity index (χ0v) is 12.6. The molecule has 0 spiro atoms. The lowest BCUT2D eigenvalue weighted by Crippen LogP contribution is -2.30. The Morgan fingerprint density at radius 3 is 3.14 bits per heavy atom. The molecular weight excluding hydrogens is 284 g/mol. The highest BCUT2D eigenvalue weighted by Crippen LogP contribution is 2.24. The fraction of sp³-hybridized carbons (Fsp3) is 0.500. The molecule has 1 amide bonds. The quantitative estimate of drug-likeness (QED) is 0.914. The maximum absolute atomic E-state index is 12.4. The van der Waals surface area contributed by atoms with Crippen molar-refractivity contribution in [2.24, 2.45) is 5.92 Å². The fourth-order valence-corrected chi connectivity index (χ4v) is 2.83. The maximum Gasteiger partial charge on any atom is 0.263 e. The van der Waals surface area contributed by atoms with Gasteiger partial charge in [-0.2, -0.15) is 0 Å². The molecule has 2 aromatic heterocycles. The van der Waals surface area contributed by atoms with Gasteiger partial charge in [0.2, 0.25) is 5.91 Å². The number of oxazole rings is 1. The van der Waals surface area contributed by atoms with Crippen LogP contribution in [0.15, 0.2) is 27.2 Å². The zero-order valence-electron chi connectivity index (χ0n) is 12.6. The van der Waals surface area contributed by atoms with Crippen molar-refractivity contribution in [3.63, 3.8) is 0 Å². The summed E-state index contributed by atoms with van der Waals surface area (Å²) in [5.41, 5.74) is 0.655. The number of aryl methyl sites for hydroxylation is 1. The largest absolute Gasteiger partial charge is 0.459 e. The van der Waals surface area contributed by atoms with Gasteiger partial charge in [-0.3, -0.25) is 4.79 Å². The molecule has 1 aliphatic rings. The molecule has 22 heavy (non-hydrogen) atoms. The van der Waals surface area contributed by atoms with Crippen molar-refractivity contribution in [1.82, 2.24) is 9.88 Å². The summed E-state index contributed by atoms with van der Waals surface area (Å²) in [6, 6.07) is 3.54. The summed E-state index contributed by atoms with van der Waals surface area (Å²) >= 11 is 0. The predicted molar refractivity (Wildman–Crippen MR) is 79.0 cm³/mol. The van der Waals surface area contributed by atoms with Gasteiger partial charge in [-0.1, -0.05) is 0 Å². The first-order chi connectivity index (χ1) is 10.7. The second-order valence-electron chi connectivity index (χ2n) is 5.68. The number of furan rings is 1. The standard InChI is InChI=1S/C16H20N2O4/c1-11-13(17-16(22-11)14-3-2-8-21-14)9-15(20)18-6-4-12(10-18)5-7-19/h2-3,8,12,19H,4-7,9-10H2,1H3/t12-/m1/s1. The van der Waals surface area contributed by atoms with Gasteiger partial charge in [0.05, 0.1) is 18.4 Å². The van der Waals surface area contributed by atoms with E-state index < -0.39 is 0 Å². The van der Waals surface area contributed by atoms with Crippen LogP contribution in [0.3, 0.4) is 0 Å². The molecule has 1 atom stereocenters. The van der Waals surface area contributed by atoms with Gasteiger partial charge in [-0.25, -0.2) is 4.98 Å². The number of carbonyl (C=O) groups excluding carboxylic acids is 1. The molecule has 1 N–H and O–H groups in total. The van der Waals surface area contributed by atoms with Crippen LogP contribution in [0.5, 0.6) is 0 Å². The highest BCUT2D eigenvalue weighted by molar-refractivity contribution is 5.79. The van der Waals surface area contributed by atoms with Crippen LogP contribution in [0.25, 0.3) is 11.7 Å². The zero-order chi connectivity index (χ0) is 15.5. The summed E-state index contributed by atoms with van der Waals surface area (Å²) in [5.74, 6) is 2.08. The predicted octanol–water partition coefficient (Wildman–Crippen LogP) is 2.02. The first-order valence-electron chi connectivity index (χ1n) is 7.56. The molecule has 3 heterocycles. The summed E-state index contributed by atoms with van der Waals surface area (Å²) in [6.07, 6.45) is 3.52. The van der Waals surface area contributed by atoms with Gasteiger partial charge in [-0.15, -0.1) is 0 Å². The highest BCUT2D eigenvalue weighted by atomic mass is 16.4. The number of rotatable bonds is 5. The second-order valence-corrected chi connectivity index (χ2v) is 5.68. The van der Waals surface area contributed by atoms with Crippen molar-refractivity contribution < 1.29 is 18.7 Å². The minimum absolute atomic E-state index is 0.0582. The van der Waals surface area contributed by atoms with Gasteiger partial charge >= 0.3 is 0 Å². The van der Waals surface area contributed by atoms with Crippen LogP contribution in [-0.4, -0.2) is 40.6 Å². The maximum atomic E-state index is 12.4. The Balaban J connectivity index is 1.65. The van der Waals surface area contributed by atoms with Gasteiger partial charge in [0, 0.05) is 19.7 Å². The Hall–Kier alpha value is -2.08. The Labute approximate surface area is 128 Å². The van der Waals surface area contributed by atoms with E-state index in [4.69, 9.17) is 13.9 Å². The number of nitrogens with zero attached hydrogens (tertiary/aromatic N) is 2. The molecule has 6 nitrogen and oxygen atoms in total. The minimum Gasteiger partial charge on any atom is -0.459 e. The molecule has 0 aromatic carbocycles. The third kappa shape index (κ3) is 3.06. The highest BCUT2D eigenvalue weighted by Gasteiger charge is 2.27. The number of amides is 1. The molecular formula is C16H20N2O4.